The number of rotatable bonds is 9. The Morgan fingerprint density at radius 2 is 1.63 bits per heavy atom. The molecule has 0 saturated carbocycles. The average molecular weight is 408 g/mol. The summed E-state index contributed by atoms with van der Waals surface area (Å²) in [6, 6.07) is 21.0. The number of nitrogens with one attached hydrogen (secondary N) is 3. The first-order valence-electron chi connectivity index (χ1n) is 11.4. The summed E-state index contributed by atoms with van der Waals surface area (Å²) in [7, 11) is 0. The molecular formula is C26H37N3O+2. The molecule has 3 rings (SSSR count). The van der Waals surface area contributed by atoms with Crippen LogP contribution in [0.25, 0.3) is 6.08 Å². The third-order valence-corrected chi connectivity index (χ3v) is 6.41. The van der Waals surface area contributed by atoms with Gasteiger partial charge in [0.25, 0.3) is 5.91 Å². The largest absolute Gasteiger partial charge is 0.350 e. The number of hydrogen-bond donors (Lipinski definition) is 3. The molecule has 4 heteroatoms. The van der Waals surface area contributed by atoms with Crippen molar-refractivity contribution >= 4 is 12.0 Å². The van der Waals surface area contributed by atoms with Crippen LogP contribution in [0.3, 0.4) is 0 Å². The van der Waals surface area contributed by atoms with Crippen molar-refractivity contribution in [2.75, 3.05) is 39.3 Å². The summed E-state index contributed by atoms with van der Waals surface area (Å²) in [5.74, 6) is 0.571. The molecule has 1 saturated heterocycles. The molecule has 0 unspecified atom stereocenters. The van der Waals surface area contributed by atoms with E-state index in [1.807, 2.05) is 12.1 Å². The van der Waals surface area contributed by atoms with Gasteiger partial charge in [0, 0.05) is 12.5 Å². The van der Waals surface area contributed by atoms with Gasteiger partial charge >= 0.3 is 0 Å². The molecule has 160 valence electrons. The molecule has 1 amide bonds. The molecule has 2 aromatic rings. The fraction of sp³-hybridized carbons (Fsp3) is 0.423. The summed E-state index contributed by atoms with van der Waals surface area (Å²) in [5, 5.41) is 3.22. The lowest BCUT2D eigenvalue weighted by molar-refractivity contribution is -1.02. The molecule has 1 aliphatic rings. The van der Waals surface area contributed by atoms with E-state index in [0.29, 0.717) is 5.92 Å². The number of piperazine rings is 1. The summed E-state index contributed by atoms with van der Waals surface area (Å²) in [6.45, 7) is 10.4. The maximum Gasteiger partial charge on any atom is 0.278 e. The van der Waals surface area contributed by atoms with Gasteiger partial charge in [-0.3, -0.25) is 4.79 Å². The number of hydrogen-bond acceptors (Lipinski definition) is 1. The van der Waals surface area contributed by atoms with Gasteiger partial charge in [-0.1, -0.05) is 73.7 Å². The van der Waals surface area contributed by atoms with Crippen LogP contribution in [-0.4, -0.2) is 51.2 Å². The first-order chi connectivity index (χ1) is 14.7. The highest BCUT2D eigenvalue weighted by molar-refractivity contribution is 5.80. The Balaban J connectivity index is 1.40. The average Bonchev–Trinajstić information content (AvgIpc) is 2.81. The standard InChI is InChI=1S/C26H35N3O/c1-3-24(25-14-8-5-9-15-25)21-27-26(30)22(2)29-19-17-28(18-20-29)16-10-13-23-11-6-4-7-12-23/h4-15,22,24H,3,16-21H2,1-2H3,(H,27,30)/p+2/b13-10+/t22-,24-/m0/s1. The van der Waals surface area contributed by atoms with Gasteiger partial charge in [-0.15, -0.1) is 0 Å². The van der Waals surface area contributed by atoms with Crippen molar-refractivity contribution in [2.24, 2.45) is 0 Å². The summed E-state index contributed by atoms with van der Waals surface area (Å²) in [5.41, 5.74) is 2.56. The predicted molar refractivity (Wildman–Crippen MR) is 124 cm³/mol. The third-order valence-electron chi connectivity index (χ3n) is 6.41. The summed E-state index contributed by atoms with van der Waals surface area (Å²) < 4.78 is 0. The van der Waals surface area contributed by atoms with Gasteiger partial charge in [0.15, 0.2) is 6.04 Å². The van der Waals surface area contributed by atoms with Crippen molar-refractivity contribution in [1.82, 2.24) is 5.32 Å². The van der Waals surface area contributed by atoms with Gasteiger partial charge < -0.3 is 15.1 Å². The van der Waals surface area contributed by atoms with Crippen LogP contribution in [0.4, 0.5) is 0 Å². The van der Waals surface area contributed by atoms with Crippen LogP contribution < -0.4 is 15.1 Å². The van der Waals surface area contributed by atoms with Gasteiger partial charge in [0.05, 0.1) is 6.54 Å². The monoisotopic (exact) mass is 407 g/mol. The molecule has 1 heterocycles. The smallest absolute Gasteiger partial charge is 0.278 e. The second kappa shape index (κ2) is 11.7. The number of carbonyl (C=O) groups is 1. The minimum Gasteiger partial charge on any atom is -0.350 e. The van der Waals surface area contributed by atoms with Crippen molar-refractivity contribution in [2.45, 2.75) is 32.2 Å². The van der Waals surface area contributed by atoms with Gasteiger partial charge in [-0.2, -0.15) is 0 Å². The van der Waals surface area contributed by atoms with Crippen LogP contribution in [-0.2, 0) is 4.79 Å². The lowest BCUT2D eigenvalue weighted by Crippen LogP contribution is -3.30. The zero-order valence-corrected chi connectivity index (χ0v) is 18.4. The van der Waals surface area contributed by atoms with E-state index in [0.717, 1.165) is 45.7 Å². The van der Waals surface area contributed by atoms with Crippen molar-refractivity contribution in [3.63, 3.8) is 0 Å². The lowest BCUT2D eigenvalue weighted by Gasteiger charge is -2.32. The van der Waals surface area contributed by atoms with E-state index in [9.17, 15) is 4.79 Å². The SMILES string of the molecule is CC[C@@H](CNC(=O)[C@H](C)[NH+]1CC[NH+](C/C=C/c2ccccc2)CC1)c1ccccc1. The molecule has 3 N–H and O–H groups in total. The maximum absolute atomic E-state index is 12.8. The van der Waals surface area contributed by atoms with Crippen LogP contribution in [0.15, 0.2) is 66.7 Å². The molecule has 2 atom stereocenters. The Bertz CT molecular complexity index is 782. The zero-order chi connectivity index (χ0) is 21.2. The van der Waals surface area contributed by atoms with E-state index in [1.54, 1.807) is 4.90 Å². The third kappa shape index (κ3) is 6.54. The van der Waals surface area contributed by atoms with Crippen LogP contribution >= 0.6 is 0 Å². The van der Waals surface area contributed by atoms with Crippen LogP contribution in [0.1, 0.15) is 37.3 Å². The molecule has 4 nitrogen and oxygen atoms in total. The molecule has 1 aliphatic heterocycles. The summed E-state index contributed by atoms with van der Waals surface area (Å²) in [4.78, 5) is 15.8. The fourth-order valence-corrected chi connectivity index (χ4v) is 4.27. The predicted octanol–water partition coefficient (Wildman–Crippen LogP) is 1.18. The normalized spacial score (nSPS) is 21.3. The van der Waals surface area contributed by atoms with Gasteiger partial charge in [0.2, 0.25) is 0 Å². The van der Waals surface area contributed by atoms with Crippen LogP contribution in [0.2, 0.25) is 0 Å². The van der Waals surface area contributed by atoms with Crippen molar-refractivity contribution in [3.8, 4) is 0 Å². The second-order valence-corrected chi connectivity index (χ2v) is 8.41. The molecule has 2 aromatic carbocycles. The Morgan fingerprint density at radius 1 is 1.00 bits per heavy atom. The highest BCUT2D eigenvalue weighted by Gasteiger charge is 2.30. The van der Waals surface area contributed by atoms with Gasteiger partial charge in [0.1, 0.15) is 26.2 Å². The van der Waals surface area contributed by atoms with Crippen molar-refractivity contribution in [3.05, 3.63) is 77.9 Å². The van der Waals surface area contributed by atoms with Gasteiger partial charge in [-0.25, -0.2) is 0 Å². The molecular weight excluding hydrogens is 370 g/mol. The van der Waals surface area contributed by atoms with E-state index < -0.39 is 0 Å². The maximum atomic E-state index is 12.8. The molecule has 0 aliphatic carbocycles. The highest BCUT2D eigenvalue weighted by Crippen LogP contribution is 2.17. The van der Waals surface area contributed by atoms with E-state index in [1.165, 1.54) is 16.0 Å². The quantitative estimate of drug-likeness (QED) is 0.574. The summed E-state index contributed by atoms with van der Waals surface area (Å²) >= 11 is 0. The number of quaternary nitrogens is 2. The Kier molecular flexibility index (Phi) is 8.66. The molecule has 0 spiro atoms. The zero-order valence-electron chi connectivity index (χ0n) is 18.4. The van der Waals surface area contributed by atoms with Crippen LogP contribution in [0, 0.1) is 0 Å². The molecule has 0 bridgehead atoms. The molecule has 30 heavy (non-hydrogen) atoms. The summed E-state index contributed by atoms with van der Waals surface area (Å²) in [6.07, 6.45) is 5.52. The second-order valence-electron chi connectivity index (χ2n) is 8.41. The highest BCUT2D eigenvalue weighted by atomic mass is 16.2. The molecule has 0 aromatic heterocycles. The van der Waals surface area contributed by atoms with E-state index in [-0.39, 0.29) is 11.9 Å². The van der Waals surface area contributed by atoms with E-state index >= 15 is 0 Å². The Hall–Kier alpha value is -2.43. The number of carbonyl (C=O) groups excluding carboxylic acids is 1. The van der Waals surface area contributed by atoms with E-state index in [2.05, 4.69) is 79.8 Å². The topological polar surface area (TPSA) is 38.0 Å². The number of amides is 1. The van der Waals surface area contributed by atoms with Crippen molar-refractivity contribution in [1.29, 1.82) is 0 Å². The van der Waals surface area contributed by atoms with Gasteiger partial charge in [-0.05, 0) is 30.5 Å². The molecule has 1 fully saturated rings. The van der Waals surface area contributed by atoms with Crippen molar-refractivity contribution < 1.29 is 14.6 Å². The minimum atomic E-state index is 0.0136. The fourth-order valence-electron chi connectivity index (χ4n) is 4.27. The Morgan fingerprint density at radius 3 is 2.27 bits per heavy atom. The first kappa shape index (κ1) is 22.3. The molecule has 0 radical (unpaired) electrons. The van der Waals surface area contributed by atoms with Crippen LogP contribution in [0.5, 0.6) is 0 Å². The lowest BCUT2D eigenvalue weighted by atomic mass is 9.96. The minimum absolute atomic E-state index is 0.0136. The Labute approximate surface area is 181 Å². The van der Waals surface area contributed by atoms with E-state index in [4.69, 9.17) is 0 Å². The number of benzene rings is 2. The first-order valence-corrected chi connectivity index (χ1v) is 11.4.